The van der Waals surface area contributed by atoms with E-state index < -0.39 is 0 Å². The molecule has 0 bridgehead atoms. The molecule has 9 heavy (non-hydrogen) atoms. The van der Waals surface area contributed by atoms with Crippen molar-refractivity contribution in [2.24, 2.45) is 0 Å². The fourth-order valence-corrected chi connectivity index (χ4v) is 1.18. The maximum Gasteiger partial charge on any atom is 0.0823 e. The van der Waals surface area contributed by atoms with Gasteiger partial charge in [0.05, 0.1) is 12.7 Å². The Kier molecular flexibility index (Phi) is 3.01. The van der Waals surface area contributed by atoms with Crippen molar-refractivity contribution in [1.29, 1.82) is 0 Å². The fraction of sp³-hybridized carbons (Fsp3) is 1.00. The van der Waals surface area contributed by atoms with E-state index in [-0.39, 0.29) is 6.61 Å². The molecule has 0 spiro atoms. The normalized spacial score (nSPS) is 27.0. The molecule has 1 atom stereocenters. The summed E-state index contributed by atoms with van der Waals surface area (Å²) in [6.45, 7) is 0.962. The summed E-state index contributed by atoms with van der Waals surface area (Å²) in [6, 6.07) is 0. The lowest BCUT2D eigenvalue weighted by Crippen LogP contribution is -2.04. The molecule has 1 saturated heterocycles. The van der Waals surface area contributed by atoms with E-state index in [1.807, 2.05) is 0 Å². The van der Waals surface area contributed by atoms with Crippen LogP contribution in [0, 0.1) is 0 Å². The molecule has 0 aromatic carbocycles. The van der Waals surface area contributed by atoms with E-state index in [1.165, 1.54) is 12.8 Å². The van der Waals surface area contributed by atoms with Gasteiger partial charge in [0.2, 0.25) is 0 Å². The molecule has 1 heterocycles. The van der Waals surface area contributed by atoms with E-state index in [0.29, 0.717) is 6.10 Å². The molecule has 0 aromatic rings. The van der Waals surface area contributed by atoms with Crippen LogP contribution >= 0.6 is 0 Å². The van der Waals surface area contributed by atoms with Gasteiger partial charge in [-0.15, -0.1) is 0 Å². The highest BCUT2D eigenvalue weighted by atomic mass is 16.5. The first kappa shape index (κ1) is 7.03. The number of ether oxygens (including phenoxy) is 1. The molecule has 0 N–H and O–H groups in total. The molecule has 0 aromatic heterocycles. The Labute approximate surface area is 55.8 Å². The quantitative estimate of drug-likeness (QED) is 0.566. The minimum atomic E-state index is 0.0554. The Bertz CT molecular complexity index is 67.3. The summed E-state index contributed by atoms with van der Waals surface area (Å²) >= 11 is 0. The Morgan fingerprint density at radius 2 is 2.44 bits per heavy atom. The molecule has 0 saturated carbocycles. The monoisotopic (exact) mass is 129 g/mol. The predicted molar refractivity (Wildman–Crippen MR) is 33.8 cm³/mol. The zero-order valence-electron chi connectivity index (χ0n) is 5.64. The lowest BCUT2D eigenvalue weighted by molar-refractivity contribution is 0.0901. The number of hydrogen-bond donors (Lipinski definition) is 0. The molecule has 1 radical (unpaired) electrons. The standard InChI is InChI=1S/C7H13O2/c8-5-1-3-7-4-2-6-9-7/h7H,1-6H2. The first-order valence-electron chi connectivity index (χ1n) is 3.63. The molecule has 1 aliphatic rings. The van der Waals surface area contributed by atoms with Crippen molar-refractivity contribution < 1.29 is 9.84 Å². The Balaban J connectivity index is 1.98. The van der Waals surface area contributed by atoms with Crippen LogP contribution in [0.5, 0.6) is 0 Å². The highest BCUT2D eigenvalue weighted by Crippen LogP contribution is 2.16. The molecule has 2 heteroatoms. The van der Waals surface area contributed by atoms with Crippen molar-refractivity contribution in [2.45, 2.75) is 31.8 Å². The lowest BCUT2D eigenvalue weighted by Gasteiger charge is -2.05. The fourth-order valence-electron chi connectivity index (χ4n) is 1.18. The molecule has 0 aliphatic carbocycles. The third-order valence-corrected chi connectivity index (χ3v) is 1.69. The molecule has 53 valence electrons. The molecule has 2 nitrogen and oxygen atoms in total. The van der Waals surface area contributed by atoms with Crippen molar-refractivity contribution in [3.63, 3.8) is 0 Å². The second kappa shape index (κ2) is 3.85. The molecule has 1 rings (SSSR count). The maximum atomic E-state index is 10.0. The van der Waals surface area contributed by atoms with E-state index in [4.69, 9.17) is 4.74 Å². The number of rotatable bonds is 3. The summed E-state index contributed by atoms with van der Waals surface area (Å²) in [6.07, 6.45) is 4.52. The van der Waals surface area contributed by atoms with Gasteiger partial charge in [-0.1, -0.05) is 0 Å². The molecule has 1 unspecified atom stereocenters. The minimum absolute atomic E-state index is 0.0554. The van der Waals surface area contributed by atoms with Gasteiger partial charge in [0.25, 0.3) is 0 Å². The summed E-state index contributed by atoms with van der Waals surface area (Å²) in [7, 11) is 0. The van der Waals surface area contributed by atoms with Gasteiger partial charge < -0.3 is 4.74 Å². The lowest BCUT2D eigenvalue weighted by atomic mass is 10.1. The second-order valence-corrected chi connectivity index (χ2v) is 2.48. The van der Waals surface area contributed by atoms with Crippen molar-refractivity contribution in [2.75, 3.05) is 13.2 Å². The average Bonchev–Trinajstić information content (AvgIpc) is 2.34. The van der Waals surface area contributed by atoms with Crippen LogP contribution in [0.3, 0.4) is 0 Å². The van der Waals surface area contributed by atoms with Crippen molar-refractivity contribution in [3.05, 3.63) is 0 Å². The molecule has 1 fully saturated rings. The SMILES string of the molecule is [O]CCCC1CCCO1. The summed E-state index contributed by atoms with van der Waals surface area (Å²) in [5.41, 5.74) is 0. The van der Waals surface area contributed by atoms with Crippen LogP contribution in [0.1, 0.15) is 25.7 Å². The van der Waals surface area contributed by atoms with E-state index in [9.17, 15) is 5.11 Å². The second-order valence-electron chi connectivity index (χ2n) is 2.48. The minimum Gasteiger partial charge on any atom is -0.378 e. The van der Waals surface area contributed by atoms with Gasteiger partial charge in [-0.05, 0) is 25.7 Å². The molecular weight excluding hydrogens is 116 g/mol. The third-order valence-electron chi connectivity index (χ3n) is 1.69. The first-order chi connectivity index (χ1) is 4.43. The summed E-state index contributed by atoms with van der Waals surface area (Å²) in [4.78, 5) is 0. The van der Waals surface area contributed by atoms with E-state index in [2.05, 4.69) is 0 Å². The molecule has 1 aliphatic heterocycles. The van der Waals surface area contributed by atoms with Crippen LogP contribution in [0.4, 0.5) is 0 Å². The Hall–Kier alpha value is -0.0800. The van der Waals surface area contributed by atoms with Gasteiger partial charge in [-0.2, -0.15) is 0 Å². The summed E-state index contributed by atoms with van der Waals surface area (Å²) < 4.78 is 5.32. The van der Waals surface area contributed by atoms with Crippen LogP contribution in [-0.4, -0.2) is 19.3 Å². The van der Waals surface area contributed by atoms with Gasteiger partial charge in [0.15, 0.2) is 0 Å². The van der Waals surface area contributed by atoms with Crippen LogP contribution in [-0.2, 0) is 9.84 Å². The highest BCUT2D eigenvalue weighted by Gasteiger charge is 2.13. The van der Waals surface area contributed by atoms with Crippen molar-refractivity contribution >= 4 is 0 Å². The third kappa shape index (κ3) is 2.33. The van der Waals surface area contributed by atoms with Crippen molar-refractivity contribution in [3.8, 4) is 0 Å². The topological polar surface area (TPSA) is 29.1 Å². The van der Waals surface area contributed by atoms with Gasteiger partial charge >= 0.3 is 0 Å². The zero-order chi connectivity index (χ0) is 6.53. The van der Waals surface area contributed by atoms with E-state index in [1.54, 1.807) is 0 Å². The summed E-state index contributed by atoms with van der Waals surface area (Å²) in [5.74, 6) is 0. The van der Waals surface area contributed by atoms with Gasteiger partial charge in [0.1, 0.15) is 0 Å². The van der Waals surface area contributed by atoms with Gasteiger partial charge in [-0.25, -0.2) is 5.11 Å². The largest absolute Gasteiger partial charge is 0.378 e. The van der Waals surface area contributed by atoms with E-state index in [0.717, 1.165) is 19.4 Å². The zero-order valence-corrected chi connectivity index (χ0v) is 5.64. The average molecular weight is 129 g/mol. The Morgan fingerprint density at radius 1 is 1.56 bits per heavy atom. The first-order valence-corrected chi connectivity index (χ1v) is 3.63. The number of hydrogen-bond acceptors (Lipinski definition) is 1. The van der Waals surface area contributed by atoms with Crippen molar-refractivity contribution in [1.82, 2.24) is 0 Å². The molecular formula is C7H13O2. The van der Waals surface area contributed by atoms with Gasteiger partial charge in [-0.3, -0.25) is 0 Å². The van der Waals surface area contributed by atoms with E-state index >= 15 is 0 Å². The van der Waals surface area contributed by atoms with Crippen LogP contribution in [0.25, 0.3) is 0 Å². The van der Waals surface area contributed by atoms with Gasteiger partial charge in [0, 0.05) is 6.61 Å². The highest BCUT2D eigenvalue weighted by molar-refractivity contribution is 4.63. The van der Waals surface area contributed by atoms with Crippen LogP contribution < -0.4 is 0 Å². The summed E-state index contributed by atoms with van der Waals surface area (Å²) in [5, 5.41) is 10.0. The maximum absolute atomic E-state index is 10.0. The van der Waals surface area contributed by atoms with Crippen LogP contribution in [0.15, 0.2) is 0 Å². The predicted octanol–water partition coefficient (Wildman–Crippen LogP) is 1.38. The molecule has 0 amide bonds. The Morgan fingerprint density at radius 3 is 3.00 bits per heavy atom. The van der Waals surface area contributed by atoms with Crippen LogP contribution in [0.2, 0.25) is 0 Å². The smallest absolute Gasteiger partial charge is 0.0823 e.